The van der Waals surface area contributed by atoms with Crippen LogP contribution in [0.15, 0.2) is 79.2 Å². The van der Waals surface area contributed by atoms with Gasteiger partial charge >= 0.3 is 0 Å². The van der Waals surface area contributed by atoms with Gasteiger partial charge in [-0.2, -0.15) is 0 Å². The molecule has 0 amide bonds. The van der Waals surface area contributed by atoms with Gasteiger partial charge in [-0.05, 0) is 56.2 Å². The Balaban J connectivity index is 1.74. The molecule has 0 unspecified atom stereocenters. The van der Waals surface area contributed by atoms with E-state index >= 15 is 0 Å². The molecule has 0 atom stereocenters. The maximum absolute atomic E-state index is 13.4. The smallest absolute Gasteiger partial charge is 0.163 e. The fourth-order valence-corrected chi connectivity index (χ4v) is 3.27. The number of carbonyl (C=O) groups excluding carboxylic acids is 1. The molecule has 6 heteroatoms. The lowest BCUT2D eigenvalue weighted by molar-refractivity contribution is 0.0982. The number of ketones is 1. The van der Waals surface area contributed by atoms with E-state index in [1.807, 2.05) is 38.1 Å². The van der Waals surface area contributed by atoms with Crippen molar-refractivity contribution in [3.8, 4) is 11.5 Å². The minimum Gasteiger partial charge on any atom is -0.457 e. The molecule has 0 N–H and O–H groups in total. The monoisotopic (exact) mass is 448 g/mol. The molecule has 0 saturated carbocycles. The van der Waals surface area contributed by atoms with Gasteiger partial charge in [-0.25, -0.2) is 13.8 Å². The van der Waals surface area contributed by atoms with Gasteiger partial charge in [0.05, 0.1) is 0 Å². The summed E-state index contributed by atoms with van der Waals surface area (Å²) in [5.74, 6) is 0.399. The van der Waals surface area contributed by atoms with Crippen LogP contribution >= 0.6 is 0 Å². The summed E-state index contributed by atoms with van der Waals surface area (Å²) in [7, 11) is 1.88. The Morgan fingerprint density at radius 1 is 1.15 bits per heavy atom. The molecule has 0 radical (unpaired) electrons. The van der Waals surface area contributed by atoms with Crippen LogP contribution < -0.4 is 9.64 Å². The average molecular weight is 449 g/mol. The quantitative estimate of drug-likeness (QED) is 0.267. The molecule has 3 rings (SSSR count). The molecule has 0 saturated heterocycles. The van der Waals surface area contributed by atoms with Crippen LogP contribution in [0.4, 0.5) is 14.6 Å². The van der Waals surface area contributed by atoms with Crippen LogP contribution in [0, 0.1) is 18.6 Å². The van der Waals surface area contributed by atoms with Gasteiger partial charge in [0.25, 0.3) is 0 Å². The molecule has 0 bridgehead atoms. The zero-order valence-electron chi connectivity index (χ0n) is 18.9. The third-order valence-corrected chi connectivity index (χ3v) is 5.04. The second kappa shape index (κ2) is 10.7. The van der Waals surface area contributed by atoms with E-state index in [1.54, 1.807) is 36.5 Å². The summed E-state index contributed by atoms with van der Waals surface area (Å²) < 4.78 is 32.9. The molecule has 0 aliphatic rings. The first-order valence-corrected chi connectivity index (χ1v) is 10.5. The van der Waals surface area contributed by atoms with Crippen molar-refractivity contribution < 1.29 is 18.3 Å². The lowest BCUT2D eigenvalue weighted by atomic mass is 9.98. The molecule has 1 aromatic heterocycles. The van der Waals surface area contributed by atoms with Crippen molar-refractivity contribution in [2.24, 2.45) is 0 Å². The summed E-state index contributed by atoms with van der Waals surface area (Å²) in [5.41, 5.74) is 2.58. The van der Waals surface area contributed by atoms with Crippen LogP contribution in [-0.4, -0.2) is 17.8 Å². The highest BCUT2D eigenvalue weighted by molar-refractivity contribution is 5.98. The van der Waals surface area contributed by atoms with Crippen LogP contribution in [0.3, 0.4) is 0 Å². The molecule has 33 heavy (non-hydrogen) atoms. The van der Waals surface area contributed by atoms with Gasteiger partial charge in [0.2, 0.25) is 0 Å². The summed E-state index contributed by atoms with van der Waals surface area (Å²) in [6, 6.07) is 12.1. The van der Waals surface area contributed by atoms with Crippen molar-refractivity contribution >= 4 is 11.6 Å². The zero-order valence-corrected chi connectivity index (χ0v) is 18.9. The number of carbonyl (C=O) groups is 1. The second-order valence-electron chi connectivity index (χ2n) is 7.85. The number of aryl methyl sites for hydroxylation is 1. The van der Waals surface area contributed by atoms with Crippen molar-refractivity contribution in [2.75, 3.05) is 11.9 Å². The Bertz CT molecular complexity index is 1180. The van der Waals surface area contributed by atoms with Crippen LogP contribution in [-0.2, 0) is 6.42 Å². The zero-order chi connectivity index (χ0) is 24.0. The lowest BCUT2D eigenvalue weighted by Gasteiger charge is -2.16. The highest BCUT2D eigenvalue weighted by atomic mass is 19.1. The minimum absolute atomic E-state index is 0.122. The van der Waals surface area contributed by atoms with E-state index in [2.05, 4.69) is 11.6 Å². The number of hydrogen-bond acceptors (Lipinski definition) is 4. The first-order chi connectivity index (χ1) is 15.7. The van der Waals surface area contributed by atoms with Crippen molar-refractivity contribution in [3.05, 3.63) is 107 Å². The lowest BCUT2D eigenvalue weighted by Crippen LogP contribution is -2.09. The minimum atomic E-state index is -0.651. The Kier molecular flexibility index (Phi) is 7.72. The highest BCUT2D eigenvalue weighted by Crippen LogP contribution is 2.29. The number of Topliss-reactive ketones (excluding diaryl/α,β-unsaturated/α-hetero) is 1. The molecule has 2 aromatic carbocycles. The molecule has 170 valence electrons. The fourth-order valence-electron chi connectivity index (χ4n) is 3.27. The topological polar surface area (TPSA) is 42.4 Å². The molecular weight excluding hydrogens is 422 g/mol. The van der Waals surface area contributed by atoms with E-state index in [0.717, 1.165) is 11.6 Å². The summed E-state index contributed by atoms with van der Waals surface area (Å²) in [6.45, 7) is 7.57. The first-order valence-electron chi connectivity index (χ1n) is 10.5. The highest BCUT2D eigenvalue weighted by Gasteiger charge is 2.14. The van der Waals surface area contributed by atoms with E-state index < -0.39 is 11.6 Å². The Hall–Kier alpha value is -3.80. The first kappa shape index (κ1) is 23.9. The predicted molar refractivity (Wildman–Crippen MR) is 127 cm³/mol. The standard InChI is InChI=1S/C27H26F2N2O2/c1-18(2)11-13-31(4)27-17-23(10-12-30-27)33-26-7-5-6-24(19(26)3)25(32)9-8-20-14-21(28)16-22(29)15-20/h5-7,10-17H,1,8-9H2,2-4H3/b13-11-. The Morgan fingerprint density at radius 2 is 1.88 bits per heavy atom. The number of benzene rings is 2. The van der Waals surface area contributed by atoms with Crippen LogP contribution in [0.25, 0.3) is 0 Å². The number of pyridine rings is 1. The normalized spacial score (nSPS) is 10.9. The predicted octanol–water partition coefficient (Wildman–Crippen LogP) is 6.80. The number of allylic oxidation sites excluding steroid dienone is 2. The number of ether oxygens (including phenoxy) is 1. The van der Waals surface area contributed by atoms with Gasteiger partial charge in [0.15, 0.2) is 5.78 Å². The van der Waals surface area contributed by atoms with Gasteiger partial charge in [-0.15, -0.1) is 0 Å². The van der Waals surface area contributed by atoms with Crippen LogP contribution in [0.5, 0.6) is 11.5 Å². The molecule has 0 spiro atoms. The van der Waals surface area contributed by atoms with Crippen LogP contribution in [0.1, 0.15) is 34.8 Å². The fraction of sp³-hybridized carbons (Fsp3) is 0.185. The maximum Gasteiger partial charge on any atom is 0.163 e. The summed E-state index contributed by atoms with van der Waals surface area (Å²) in [6.07, 6.45) is 5.77. The van der Waals surface area contributed by atoms with Crippen LogP contribution in [0.2, 0.25) is 0 Å². The Morgan fingerprint density at radius 3 is 2.58 bits per heavy atom. The molecular formula is C27H26F2N2O2. The largest absolute Gasteiger partial charge is 0.457 e. The SMILES string of the molecule is C=C(C)/C=C\N(C)c1cc(Oc2cccc(C(=O)CCc3cc(F)cc(F)c3)c2C)ccn1. The van der Waals surface area contributed by atoms with Gasteiger partial charge in [-0.1, -0.05) is 24.3 Å². The molecule has 0 aliphatic heterocycles. The molecule has 4 nitrogen and oxygen atoms in total. The van der Waals surface area contributed by atoms with Crippen molar-refractivity contribution in [3.63, 3.8) is 0 Å². The average Bonchev–Trinajstić information content (AvgIpc) is 2.77. The maximum atomic E-state index is 13.4. The third kappa shape index (κ3) is 6.59. The molecule has 0 aliphatic carbocycles. The number of anilines is 1. The number of nitrogens with zero attached hydrogens (tertiary/aromatic N) is 2. The number of aromatic nitrogens is 1. The van der Waals surface area contributed by atoms with Crippen molar-refractivity contribution in [1.29, 1.82) is 0 Å². The van der Waals surface area contributed by atoms with E-state index in [0.29, 0.717) is 34.0 Å². The van der Waals surface area contributed by atoms with E-state index in [4.69, 9.17) is 4.74 Å². The van der Waals surface area contributed by atoms with Gasteiger partial charge < -0.3 is 9.64 Å². The van der Waals surface area contributed by atoms with Gasteiger partial charge in [-0.3, -0.25) is 4.79 Å². The van der Waals surface area contributed by atoms with E-state index in [-0.39, 0.29) is 18.6 Å². The number of hydrogen-bond donors (Lipinski definition) is 0. The molecule has 1 heterocycles. The Labute approximate surface area is 192 Å². The van der Waals surface area contributed by atoms with E-state index in [1.165, 1.54) is 12.1 Å². The van der Waals surface area contributed by atoms with Crippen molar-refractivity contribution in [1.82, 2.24) is 4.98 Å². The summed E-state index contributed by atoms with van der Waals surface area (Å²) >= 11 is 0. The van der Waals surface area contributed by atoms with Gasteiger partial charge in [0, 0.05) is 49.1 Å². The third-order valence-electron chi connectivity index (χ3n) is 5.04. The molecule has 0 fully saturated rings. The second-order valence-corrected chi connectivity index (χ2v) is 7.85. The van der Waals surface area contributed by atoms with Gasteiger partial charge in [0.1, 0.15) is 29.0 Å². The summed E-state index contributed by atoms with van der Waals surface area (Å²) in [4.78, 5) is 19.0. The summed E-state index contributed by atoms with van der Waals surface area (Å²) in [5, 5.41) is 0. The van der Waals surface area contributed by atoms with Crippen molar-refractivity contribution in [2.45, 2.75) is 26.7 Å². The number of rotatable bonds is 9. The number of halogens is 2. The molecule has 3 aromatic rings. The van der Waals surface area contributed by atoms with E-state index in [9.17, 15) is 13.6 Å².